The van der Waals surface area contributed by atoms with E-state index in [9.17, 15) is 9.90 Å². The molecule has 2 N–H and O–H groups in total. The highest BCUT2D eigenvalue weighted by molar-refractivity contribution is 7.99. The quantitative estimate of drug-likeness (QED) is 0.678. The number of hydrogen-bond donors (Lipinski definition) is 2. The lowest BCUT2D eigenvalue weighted by Gasteiger charge is -2.32. The van der Waals surface area contributed by atoms with Crippen molar-refractivity contribution in [1.82, 2.24) is 0 Å². The maximum atomic E-state index is 12.6. The number of nitrogens with zero attached hydrogens (tertiary/aromatic N) is 1. The molecule has 0 unspecified atom stereocenters. The van der Waals surface area contributed by atoms with E-state index in [1.165, 1.54) is 0 Å². The Labute approximate surface area is 150 Å². The lowest BCUT2D eigenvalue weighted by molar-refractivity contribution is -0.114. The zero-order chi connectivity index (χ0) is 17.2. The highest BCUT2D eigenvalue weighted by Crippen LogP contribution is 2.47. The summed E-state index contributed by atoms with van der Waals surface area (Å²) in [6, 6.07) is 22.8. The predicted octanol–water partition coefficient (Wildman–Crippen LogP) is 4.63. The minimum atomic E-state index is -0.182. The van der Waals surface area contributed by atoms with Gasteiger partial charge in [-0.25, -0.2) is 0 Å². The fourth-order valence-electron chi connectivity index (χ4n) is 2.86. The Morgan fingerprint density at radius 3 is 2.08 bits per heavy atom. The number of rotatable bonds is 3. The molecule has 1 heterocycles. The van der Waals surface area contributed by atoms with Crippen LogP contribution in [0.25, 0.3) is 0 Å². The summed E-state index contributed by atoms with van der Waals surface area (Å²) in [6.07, 6.45) is 0. The van der Waals surface area contributed by atoms with Crippen molar-refractivity contribution in [2.75, 3.05) is 16.8 Å². The number of nitrogens with one attached hydrogen (secondary N) is 1. The summed E-state index contributed by atoms with van der Waals surface area (Å²) >= 11 is 1.71. The third kappa shape index (κ3) is 3.06. The van der Waals surface area contributed by atoms with Crippen LogP contribution >= 0.6 is 11.8 Å². The highest BCUT2D eigenvalue weighted by Gasteiger charge is 2.24. The number of carbonyl (C=O) groups excluding carboxylic acids is 1. The minimum Gasteiger partial charge on any atom is -0.506 e. The normalized spacial score (nSPS) is 12.2. The van der Waals surface area contributed by atoms with Gasteiger partial charge in [-0.3, -0.25) is 4.79 Å². The first-order valence-electron chi connectivity index (χ1n) is 7.94. The number of phenolic OH excluding ortho intramolecular Hbond substituents is 1. The van der Waals surface area contributed by atoms with Gasteiger partial charge in [-0.1, -0.05) is 48.2 Å². The molecule has 0 fully saturated rings. The van der Waals surface area contributed by atoms with Crippen LogP contribution in [0.15, 0.2) is 82.6 Å². The van der Waals surface area contributed by atoms with Crippen LogP contribution in [-0.2, 0) is 4.79 Å². The van der Waals surface area contributed by atoms with Crippen LogP contribution < -0.4 is 10.2 Å². The molecule has 124 valence electrons. The Morgan fingerprint density at radius 1 is 0.880 bits per heavy atom. The summed E-state index contributed by atoms with van der Waals surface area (Å²) < 4.78 is 0. The Morgan fingerprint density at radius 2 is 1.44 bits per heavy atom. The predicted molar refractivity (Wildman–Crippen MR) is 101 cm³/mol. The molecule has 1 aliphatic heterocycles. The molecule has 4 rings (SSSR count). The van der Waals surface area contributed by atoms with Gasteiger partial charge in [0.05, 0.1) is 17.1 Å². The van der Waals surface area contributed by atoms with Gasteiger partial charge in [-0.05, 0) is 36.4 Å². The van der Waals surface area contributed by atoms with Crippen molar-refractivity contribution >= 4 is 34.7 Å². The minimum absolute atomic E-state index is 0.0610. The first kappa shape index (κ1) is 15.6. The lowest BCUT2D eigenvalue weighted by atomic mass is 10.2. The van der Waals surface area contributed by atoms with E-state index in [0.29, 0.717) is 5.69 Å². The van der Waals surface area contributed by atoms with Gasteiger partial charge in [0.1, 0.15) is 12.3 Å². The van der Waals surface area contributed by atoms with Gasteiger partial charge in [0.15, 0.2) is 0 Å². The van der Waals surface area contributed by atoms with Gasteiger partial charge in [0, 0.05) is 9.79 Å². The fraction of sp³-hybridized carbons (Fsp3) is 0.0500. The van der Waals surface area contributed by atoms with E-state index in [1.807, 2.05) is 41.3 Å². The molecule has 4 nitrogen and oxygen atoms in total. The second-order valence-electron chi connectivity index (χ2n) is 5.69. The summed E-state index contributed by atoms with van der Waals surface area (Å²) in [5.74, 6) is -0.121. The van der Waals surface area contributed by atoms with E-state index in [-0.39, 0.29) is 18.2 Å². The third-order valence-electron chi connectivity index (χ3n) is 4.01. The standard InChI is InChI=1S/C20H16N2O2S/c23-17-10-4-1-7-14(17)21-20(24)13-22-15-8-2-5-11-18(15)25-19-12-6-3-9-16(19)22/h1-12,23H,13H2,(H,21,24). The SMILES string of the molecule is O=C(CN1c2ccccc2Sc2ccccc21)Nc1ccccc1O. The maximum Gasteiger partial charge on any atom is 0.244 e. The maximum absolute atomic E-state index is 12.6. The Bertz CT molecular complexity index is 897. The van der Waals surface area contributed by atoms with Gasteiger partial charge < -0.3 is 15.3 Å². The molecule has 0 saturated heterocycles. The van der Waals surface area contributed by atoms with E-state index in [2.05, 4.69) is 17.4 Å². The zero-order valence-corrected chi connectivity index (χ0v) is 14.2. The second-order valence-corrected chi connectivity index (χ2v) is 6.77. The largest absolute Gasteiger partial charge is 0.506 e. The van der Waals surface area contributed by atoms with E-state index in [1.54, 1.807) is 36.0 Å². The summed E-state index contributed by atoms with van der Waals surface area (Å²) in [7, 11) is 0. The first-order chi connectivity index (χ1) is 12.2. The molecule has 0 radical (unpaired) electrons. The van der Waals surface area contributed by atoms with Crippen LogP contribution in [0, 0.1) is 0 Å². The van der Waals surface area contributed by atoms with E-state index in [0.717, 1.165) is 21.2 Å². The molecule has 25 heavy (non-hydrogen) atoms. The van der Waals surface area contributed by atoms with Crippen molar-refractivity contribution in [3.8, 4) is 5.75 Å². The number of benzene rings is 3. The molecule has 5 heteroatoms. The number of hydrogen-bond acceptors (Lipinski definition) is 4. The van der Waals surface area contributed by atoms with Crippen LogP contribution in [0.5, 0.6) is 5.75 Å². The van der Waals surface area contributed by atoms with Crippen molar-refractivity contribution in [3.05, 3.63) is 72.8 Å². The molecule has 0 bridgehead atoms. The zero-order valence-electron chi connectivity index (χ0n) is 13.3. The molecule has 1 amide bonds. The average molecular weight is 348 g/mol. The molecule has 0 atom stereocenters. The molecule has 1 aliphatic rings. The van der Waals surface area contributed by atoms with Crippen LogP contribution in [0.3, 0.4) is 0 Å². The van der Waals surface area contributed by atoms with Crippen LogP contribution in [0.1, 0.15) is 0 Å². The number of anilines is 3. The number of fused-ring (bicyclic) bond motifs is 2. The molecular weight excluding hydrogens is 332 g/mol. The Kier molecular flexibility index (Phi) is 4.07. The smallest absolute Gasteiger partial charge is 0.244 e. The summed E-state index contributed by atoms with van der Waals surface area (Å²) in [4.78, 5) is 16.8. The summed E-state index contributed by atoms with van der Waals surface area (Å²) in [5.41, 5.74) is 2.44. The summed E-state index contributed by atoms with van der Waals surface area (Å²) in [5, 5.41) is 12.6. The van der Waals surface area contributed by atoms with E-state index < -0.39 is 0 Å². The van der Waals surface area contributed by atoms with Gasteiger partial charge in [0.25, 0.3) is 0 Å². The average Bonchev–Trinajstić information content (AvgIpc) is 2.63. The van der Waals surface area contributed by atoms with E-state index >= 15 is 0 Å². The molecule has 0 aromatic heterocycles. The van der Waals surface area contributed by atoms with Crippen molar-refractivity contribution < 1.29 is 9.90 Å². The highest BCUT2D eigenvalue weighted by atomic mass is 32.2. The fourth-order valence-corrected chi connectivity index (χ4v) is 3.96. The third-order valence-corrected chi connectivity index (χ3v) is 5.14. The van der Waals surface area contributed by atoms with Crippen molar-refractivity contribution in [2.24, 2.45) is 0 Å². The van der Waals surface area contributed by atoms with Crippen molar-refractivity contribution in [3.63, 3.8) is 0 Å². The molecule has 0 spiro atoms. The molecule has 0 aliphatic carbocycles. The van der Waals surface area contributed by atoms with E-state index in [4.69, 9.17) is 0 Å². The number of aromatic hydroxyl groups is 1. The molecule has 3 aromatic carbocycles. The van der Waals surface area contributed by atoms with Crippen LogP contribution in [0.2, 0.25) is 0 Å². The molecule has 3 aromatic rings. The number of para-hydroxylation sites is 4. The van der Waals surface area contributed by atoms with Crippen molar-refractivity contribution in [2.45, 2.75) is 9.79 Å². The number of phenols is 1. The van der Waals surface area contributed by atoms with Crippen molar-refractivity contribution in [1.29, 1.82) is 0 Å². The molecular formula is C20H16N2O2S. The molecule has 0 saturated carbocycles. The summed E-state index contributed by atoms with van der Waals surface area (Å²) in [6.45, 7) is 0.170. The van der Waals surface area contributed by atoms with Gasteiger partial charge in [-0.15, -0.1) is 0 Å². The topological polar surface area (TPSA) is 52.6 Å². The van der Waals surface area contributed by atoms with Gasteiger partial charge in [0.2, 0.25) is 5.91 Å². The van der Waals surface area contributed by atoms with Crippen LogP contribution in [0.4, 0.5) is 17.1 Å². The Balaban J connectivity index is 1.64. The first-order valence-corrected chi connectivity index (χ1v) is 8.75. The number of carbonyl (C=O) groups is 1. The van der Waals surface area contributed by atoms with Crippen LogP contribution in [-0.4, -0.2) is 17.6 Å². The van der Waals surface area contributed by atoms with Gasteiger partial charge >= 0.3 is 0 Å². The number of amides is 1. The van der Waals surface area contributed by atoms with Gasteiger partial charge in [-0.2, -0.15) is 0 Å². The monoisotopic (exact) mass is 348 g/mol. The lowest BCUT2D eigenvalue weighted by Crippen LogP contribution is -2.31. The second kappa shape index (κ2) is 6.53. The Hall–Kier alpha value is -2.92.